The topological polar surface area (TPSA) is 12.0 Å². The lowest BCUT2D eigenvalue weighted by Crippen LogP contribution is -2.25. The second-order valence-electron chi connectivity index (χ2n) is 4.26. The Hall–Kier alpha value is -0.470. The van der Waals surface area contributed by atoms with Crippen molar-refractivity contribution in [3.8, 4) is 0 Å². The molecule has 0 aromatic heterocycles. The minimum Gasteiger partial charge on any atom is -0.315 e. The lowest BCUT2D eigenvalue weighted by molar-refractivity contribution is 0.526. The second kappa shape index (κ2) is 7.75. The molecule has 0 amide bonds. The van der Waals surface area contributed by atoms with Crippen LogP contribution in [0.2, 0.25) is 0 Å². The van der Waals surface area contributed by atoms with Crippen LogP contribution in [0, 0.1) is 6.92 Å². The lowest BCUT2D eigenvalue weighted by atomic mass is 10.2. The van der Waals surface area contributed by atoms with Gasteiger partial charge in [0, 0.05) is 10.9 Å². The molecule has 0 saturated heterocycles. The van der Waals surface area contributed by atoms with E-state index in [0.717, 1.165) is 6.54 Å². The van der Waals surface area contributed by atoms with Crippen LogP contribution < -0.4 is 5.32 Å². The fraction of sp³-hybridized carbons (Fsp3) is 0.571. The first-order valence-corrected chi connectivity index (χ1v) is 7.13. The van der Waals surface area contributed by atoms with Crippen molar-refractivity contribution >= 4 is 11.8 Å². The molecule has 0 aliphatic rings. The molecule has 0 spiro atoms. The van der Waals surface area contributed by atoms with Crippen LogP contribution >= 0.6 is 11.8 Å². The standard InChI is InChI=1S/C14H23NS/c1-4-15-13(3)6-5-11-16-14-9-7-12(2)8-10-14/h7-10,13,15H,4-6,11H2,1-3H3. The molecular weight excluding hydrogens is 214 g/mol. The number of thioether (sulfide) groups is 1. The van der Waals surface area contributed by atoms with Crippen LogP contribution in [-0.2, 0) is 0 Å². The van der Waals surface area contributed by atoms with E-state index in [-0.39, 0.29) is 0 Å². The Balaban J connectivity index is 2.13. The molecule has 1 nitrogen and oxygen atoms in total. The van der Waals surface area contributed by atoms with Crippen LogP contribution in [0.25, 0.3) is 0 Å². The summed E-state index contributed by atoms with van der Waals surface area (Å²) in [6.45, 7) is 7.64. The Labute approximate surface area is 104 Å². The van der Waals surface area contributed by atoms with Gasteiger partial charge in [-0.2, -0.15) is 0 Å². The maximum atomic E-state index is 3.44. The third-order valence-corrected chi connectivity index (χ3v) is 3.72. The zero-order valence-corrected chi connectivity index (χ0v) is 11.4. The molecule has 1 aromatic rings. The van der Waals surface area contributed by atoms with E-state index >= 15 is 0 Å². The first kappa shape index (κ1) is 13.6. The summed E-state index contributed by atoms with van der Waals surface area (Å²) < 4.78 is 0. The summed E-state index contributed by atoms with van der Waals surface area (Å²) in [5.41, 5.74) is 1.34. The molecule has 1 N–H and O–H groups in total. The van der Waals surface area contributed by atoms with Crippen molar-refractivity contribution < 1.29 is 0 Å². The second-order valence-corrected chi connectivity index (χ2v) is 5.43. The maximum absolute atomic E-state index is 3.44. The lowest BCUT2D eigenvalue weighted by Gasteiger charge is -2.11. The fourth-order valence-electron chi connectivity index (χ4n) is 1.66. The normalized spacial score (nSPS) is 12.7. The quantitative estimate of drug-likeness (QED) is 0.571. The van der Waals surface area contributed by atoms with Gasteiger partial charge >= 0.3 is 0 Å². The zero-order valence-electron chi connectivity index (χ0n) is 10.6. The molecule has 0 saturated carbocycles. The first-order chi connectivity index (χ1) is 7.72. The van der Waals surface area contributed by atoms with Gasteiger partial charge in [-0.1, -0.05) is 24.6 Å². The third kappa shape index (κ3) is 5.57. The summed E-state index contributed by atoms with van der Waals surface area (Å²) in [7, 11) is 0. The van der Waals surface area contributed by atoms with Gasteiger partial charge in [0.15, 0.2) is 0 Å². The molecule has 16 heavy (non-hydrogen) atoms. The fourth-order valence-corrected chi connectivity index (χ4v) is 2.54. The van der Waals surface area contributed by atoms with E-state index in [1.807, 2.05) is 11.8 Å². The maximum Gasteiger partial charge on any atom is 0.00721 e. The summed E-state index contributed by atoms with van der Waals surface area (Å²) in [6, 6.07) is 9.46. The van der Waals surface area contributed by atoms with Gasteiger partial charge in [0.05, 0.1) is 0 Å². The molecule has 1 rings (SSSR count). The van der Waals surface area contributed by atoms with Gasteiger partial charge in [0.1, 0.15) is 0 Å². The summed E-state index contributed by atoms with van der Waals surface area (Å²) >= 11 is 1.96. The first-order valence-electron chi connectivity index (χ1n) is 6.15. The molecule has 2 heteroatoms. The number of nitrogens with one attached hydrogen (secondary N) is 1. The van der Waals surface area contributed by atoms with Crippen LogP contribution in [0.15, 0.2) is 29.2 Å². The van der Waals surface area contributed by atoms with Crippen LogP contribution in [-0.4, -0.2) is 18.3 Å². The van der Waals surface area contributed by atoms with Gasteiger partial charge in [-0.3, -0.25) is 0 Å². The summed E-state index contributed by atoms with van der Waals surface area (Å²) in [4.78, 5) is 1.39. The highest BCUT2D eigenvalue weighted by Crippen LogP contribution is 2.19. The van der Waals surface area contributed by atoms with Crippen molar-refractivity contribution in [1.82, 2.24) is 5.32 Å². The molecule has 1 aromatic carbocycles. The van der Waals surface area contributed by atoms with Crippen molar-refractivity contribution in [3.63, 3.8) is 0 Å². The third-order valence-electron chi connectivity index (χ3n) is 2.62. The van der Waals surface area contributed by atoms with E-state index in [9.17, 15) is 0 Å². The molecule has 0 radical (unpaired) electrons. The Morgan fingerprint density at radius 3 is 2.56 bits per heavy atom. The summed E-state index contributed by atoms with van der Waals surface area (Å²) in [5.74, 6) is 1.22. The number of hydrogen-bond donors (Lipinski definition) is 1. The van der Waals surface area contributed by atoms with Gasteiger partial charge < -0.3 is 5.32 Å². The van der Waals surface area contributed by atoms with Gasteiger partial charge in [-0.25, -0.2) is 0 Å². The Morgan fingerprint density at radius 2 is 1.94 bits per heavy atom. The molecule has 0 fully saturated rings. The van der Waals surface area contributed by atoms with E-state index in [4.69, 9.17) is 0 Å². The number of benzene rings is 1. The van der Waals surface area contributed by atoms with Crippen LogP contribution in [0.4, 0.5) is 0 Å². The van der Waals surface area contributed by atoms with Crippen molar-refractivity contribution in [2.24, 2.45) is 0 Å². The molecule has 0 heterocycles. The molecule has 1 atom stereocenters. The average Bonchev–Trinajstić information content (AvgIpc) is 2.27. The molecule has 0 aliphatic carbocycles. The minimum atomic E-state index is 0.656. The van der Waals surface area contributed by atoms with Crippen molar-refractivity contribution in [2.45, 2.75) is 44.6 Å². The Kier molecular flexibility index (Phi) is 6.58. The number of aryl methyl sites for hydroxylation is 1. The van der Waals surface area contributed by atoms with E-state index in [1.54, 1.807) is 0 Å². The Morgan fingerprint density at radius 1 is 1.25 bits per heavy atom. The van der Waals surface area contributed by atoms with E-state index < -0.39 is 0 Å². The molecule has 0 bridgehead atoms. The van der Waals surface area contributed by atoms with Crippen LogP contribution in [0.3, 0.4) is 0 Å². The van der Waals surface area contributed by atoms with E-state index in [1.165, 1.54) is 29.1 Å². The monoisotopic (exact) mass is 237 g/mol. The van der Waals surface area contributed by atoms with Gasteiger partial charge in [0.25, 0.3) is 0 Å². The average molecular weight is 237 g/mol. The van der Waals surface area contributed by atoms with E-state index in [0.29, 0.717) is 6.04 Å². The number of hydrogen-bond acceptors (Lipinski definition) is 2. The Bertz CT molecular complexity index is 281. The van der Waals surface area contributed by atoms with E-state index in [2.05, 4.69) is 50.4 Å². The highest BCUT2D eigenvalue weighted by atomic mass is 32.2. The number of rotatable bonds is 7. The predicted molar refractivity (Wildman–Crippen MR) is 74.3 cm³/mol. The van der Waals surface area contributed by atoms with Crippen LogP contribution in [0.1, 0.15) is 32.3 Å². The van der Waals surface area contributed by atoms with Gasteiger partial charge in [-0.05, 0) is 51.1 Å². The molecular formula is C14H23NS. The zero-order chi connectivity index (χ0) is 11.8. The highest BCUT2D eigenvalue weighted by molar-refractivity contribution is 7.99. The largest absolute Gasteiger partial charge is 0.315 e. The smallest absolute Gasteiger partial charge is 0.00721 e. The van der Waals surface area contributed by atoms with Crippen molar-refractivity contribution in [3.05, 3.63) is 29.8 Å². The van der Waals surface area contributed by atoms with Gasteiger partial charge in [0.2, 0.25) is 0 Å². The van der Waals surface area contributed by atoms with Crippen molar-refractivity contribution in [1.29, 1.82) is 0 Å². The predicted octanol–water partition coefficient (Wildman–Crippen LogP) is 3.87. The van der Waals surface area contributed by atoms with Crippen LogP contribution in [0.5, 0.6) is 0 Å². The van der Waals surface area contributed by atoms with Gasteiger partial charge in [-0.15, -0.1) is 11.8 Å². The summed E-state index contributed by atoms with van der Waals surface area (Å²) in [5, 5.41) is 3.44. The summed E-state index contributed by atoms with van der Waals surface area (Å²) in [6.07, 6.45) is 2.55. The SMILES string of the molecule is CCNC(C)CCCSc1ccc(C)cc1. The molecule has 90 valence electrons. The minimum absolute atomic E-state index is 0.656. The highest BCUT2D eigenvalue weighted by Gasteiger charge is 1.99. The molecule has 0 aliphatic heterocycles. The molecule has 1 unspecified atom stereocenters. The van der Waals surface area contributed by atoms with Crippen molar-refractivity contribution in [2.75, 3.05) is 12.3 Å².